The number of aromatic nitrogens is 1. The molecule has 0 spiro atoms. The van der Waals surface area contributed by atoms with E-state index in [1.807, 2.05) is 26.0 Å². The van der Waals surface area contributed by atoms with Gasteiger partial charge in [0.2, 0.25) is 5.88 Å². The molecule has 1 unspecified atom stereocenters. The Morgan fingerprint density at radius 1 is 1.25 bits per heavy atom. The van der Waals surface area contributed by atoms with Crippen molar-refractivity contribution in [1.82, 2.24) is 9.88 Å². The van der Waals surface area contributed by atoms with E-state index in [9.17, 15) is 5.11 Å². The van der Waals surface area contributed by atoms with Crippen molar-refractivity contribution in [3.05, 3.63) is 23.9 Å². The number of ether oxygens (including phenoxy) is 1. The molecule has 0 amide bonds. The number of rotatable bonds is 6. The summed E-state index contributed by atoms with van der Waals surface area (Å²) in [5.41, 5.74) is 0.868. The number of aliphatic hydroxyl groups excluding tert-OH is 1. The average molecular weight is 278 g/mol. The normalized spacial score (nSPS) is 19.2. The van der Waals surface area contributed by atoms with Crippen molar-refractivity contribution in [1.29, 1.82) is 0 Å². The van der Waals surface area contributed by atoms with Gasteiger partial charge in [-0.05, 0) is 57.3 Å². The van der Waals surface area contributed by atoms with Crippen molar-refractivity contribution >= 4 is 0 Å². The molecule has 2 rings (SSSR count). The lowest BCUT2D eigenvalue weighted by Gasteiger charge is -2.24. The second kappa shape index (κ2) is 7.04. The molecule has 2 heterocycles. The topological polar surface area (TPSA) is 45.6 Å². The minimum Gasteiger partial charge on any atom is -0.475 e. The molecule has 112 valence electrons. The summed E-state index contributed by atoms with van der Waals surface area (Å²) in [6.45, 7) is 9.32. The van der Waals surface area contributed by atoms with Crippen LogP contribution in [-0.4, -0.2) is 40.7 Å². The van der Waals surface area contributed by atoms with Gasteiger partial charge in [0.25, 0.3) is 0 Å². The van der Waals surface area contributed by atoms with E-state index in [0.717, 1.165) is 25.2 Å². The van der Waals surface area contributed by atoms with Gasteiger partial charge in [0, 0.05) is 18.8 Å². The highest BCUT2D eigenvalue weighted by Gasteiger charge is 2.21. The van der Waals surface area contributed by atoms with Gasteiger partial charge in [0.1, 0.15) is 0 Å². The Kier molecular flexibility index (Phi) is 5.38. The van der Waals surface area contributed by atoms with Crippen LogP contribution in [-0.2, 0) is 0 Å². The van der Waals surface area contributed by atoms with Crippen LogP contribution in [0.4, 0.5) is 0 Å². The number of aliphatic hydroxyl groups is 1. The van der Waals surface area contributed by atoms with E-state index >= 15 is 0 Å². The van der Waals surface area contributed by atoms with Gasteiger partial charge in [-0.15, -0.1) is 0 Å². The second-order valence-electron chi connectivity index (χ2n) is 6.03. The Bertz CT molecular complexity index is 399. The number of likely N-dealkylation sites (tertiary alicyclic amines) is 1. The molecule has 4 heteroatoms. The van der Waals surface area contributed by atoms with E-state index in [1.54, 1.807) is 6.20 Å². The molecule has 1 aromatic rings. The van der Waals surface area contributed by atoms with E-state index in [0.29, 0.717) is 5.88 Å². The third kappa shape index (κ3) is 4.18. The number of hydrogen-bond acceptors (Lipinski definition) is 4. The van der Waals surface area contributed by atoms with Gasteiger partial charge in [-0.2, -0.15) is 0 Å². The first-order chi connectivity index (χ1) is 9.56. The average Bonchev–Trinajstić information content (AvgIpc) is 2.91. The molecule has 20 heavy (non-hydrogen) atoms. The van der Waals surface area contributed by atoms with Crippen LogP contribution in [0.2, 0.25) is 0 Å². The van der Waals surface area contributed by atoms with E-state index in [2.05, 4.69) is 16.8 Å². The summed E-state index contributed by atoms with van der Waals surface area (Å²) in [5, 5.41) is 10.4. The second-order valence-corrected chi connectivity index (χ2v) is 6.03. The molecule has 1 fully saturated rings. The van der Waals surface area contributed by atoms with Crippen LogP contribution in [0.1, 0.15) is 45.3 Å². The monoisotopic (exact) mass is 278 g/mol. The lowest BCUT2D eigenvalue weighted by atomic mass is 9.98. The third-order valence-electron chi connectivity index (χ3n) is 3.74. The van der Waals surface area contributed by atoms with Crippen LogP contribution in [0, 0.1) is 5.92 Å². The first kappa shape index (κ1) is 15.3. The van der Waals surface area contributed by atoms with Crippen molar-refractivity contribution in [2.45, 2.75) is 45.8 Å². The summed E-state index contributed by atoms with van der Waals surface area (Å²) >= 11 is 0. The molecule has 0 aliphatic carbocycles. The zero-order valence-corrected chi connectivity index (χ0v) is 12.7. The molecule has 0 radical (unpaired) electrons. The maximum absolute atomic E-state index is 10.4. The zero-order valence-electron chi connectivity index (χ0n) is 12.7. The zero-order chi connectivity index (χ0) is 14.5. The van der Waals surface area contributed by atoms with Crippen LogP contribution in [0.25, 0.3) is 0 Å². The standard InChI is InChI=1S/C16H26N2O2/c1-12(2)20-15-7-6-14(10-17-15)16(19)13(3)11-18-8-4-5-9-18/h6-7,10,12-13,16,19H,4-5,8-9,11H2,1-3H3/t13-,16?/m1/s1. The highest BCUT2D eigenvalue weighted by atomic mass is 16.5. The van der Waals surface area contributed by atoms with Crippen LogP contribution >= 0.6 is 0 Å². The quantitative estimate of drug-likeness (QED) is 0.869. The molecule has 2 atom stereocenters. The van der Waals surface area contributed by atoms with Crippen LogP contribution in [0.15, 0.2) is 18.3 Å². The summed E-state index contributed by atoms with van der Waals surface area (Å²) < 4.78 is 5.52. The first-order valence-corrected chi connectivity index (χ1v) is 7.59. The summed E-state index contributed by atoms with van der Waals surface area (Å²) in [6.07, 6.45) is 3.95. The van der Waals surface area contributed by atoms with Crippen LogP contribution in [0.5, 0.6) is 5.88 Å². The lowest BCUT2D eigenvalue weighted by molar-refractivity contribution is 0.0941. The summed E-state index contributed by atoms with van der Waals surface area (Å²) in [5.74, 6) is 0.829. The Labute approximate surface area is 121 Å². The Morgan fingerprint density at radius 2 is 1.95 bits per heavy atom. The lowest BCUT2D eigenvalue weighted by Crippen LogP contribution is -2.28. The van der Waals surface area contributed by atoms with Gasteiger partial charge in [-0.3, -0.25) is 0 Å². The number of nitrogens with zero attached hydrogens (tertiary/aromatic N) is 2. The van der Waals surface area contributed by atoms with Crippen molar-refractivity contribution in [3.8, 4) is 5.88 Å². The number of pyridine rings is 1. The predicted molar refractivity (Wildman–Crippen MR) is 79.8 cm³/mol. The summed E-state index contributed by atoms with van der Waals surface area (Å²) in [4.78, 5) is 6.69. The highest BCUT2D eigenvalue weighted by Crippen LogP contribution is 2.24. The summed E-state index contributed by atoms with van der Waals surface area (Å²) in [7, 11) is 0. The molecular formula is C16H26N2O2. The molecule has 1 N–H and O–H groups in total. The molecule has 1 aliphatic heterocycles. The van der Waals surface area contributed by atoms with Gasteiger partial charge in [-0.25, -0.2) is 4.98 Å². The fraction of sp³-hybridized carbons (Fsp3) is 0.688. The van der Waals surface area contributed by atoms with Gasteiger partial charge in [0.15, 0.2) is 0 Å². The largest absolute Gasteiger partial charge is 0.475 e. The van der Waals surface area contributed by atoms with E-state index in [1.165, 1.54) is 12.8 Å². The van der Waals surface area contributed by atoms with Gasteiger partial charge in [-0.1, -0.05) is 6.92 Å². The molecule has 0 bridgehead atoms. The fourth-order valence-corrected chi connectivity index (χ4v) is 2.68. The molecule has 1 saturated heterocycles. The third-order valence-corrected chi connectivity index (χ3v) is 3.74. The number of hydrogen-bond donors (Lipinski definition) is 1. The summed E-state index contributed by atoms with van der Waals surface area (Å²) in [6, 6.07) is 3.75. The van der Waals surface area contributed by atoms with Crippen molar-refractivity contribution in [3.63, 3.8) is 0 Å². The van der Waals surface area contributed by atoms with Gasteiger partial charge >= 0.3 is 0 Å². The molecular weight excluding hydrogens is 252 g/mol. The van der Waals surface area contributed by atoms with E-state index in [4.69, 9.17) is 4.74 Å². The fourth-order valence-electron chi connectivity index (χ4n) is 2.68. The van der Waals surface area contributed by atoms with Crippen LogP contribution in [0.3, 0.4) is 0 Å². The minimum absolute atomic E-state index is 0.118. The Balaban J connectivity index is 1.91. The molecule has 0 saturated carbocycles. The van der Waals surface area contributed by atoms with E-state index < -0.39 is 6.10 Å². The van der Waals surface area contributed by atoms with E-state index in [-0.39, 0.29) is 12.0 Å². The van der Waals surface area contributed by atoms with Crippen molar-refractivity contribution in [2.24, 2.45) is 5.92 Å². The first-order valence-electron chi connectivity index (χ1n) is 7.59. The molecule has 4 nitrogen and oxygen atoms in total. The maximum atomic E-state index is 10.4. The Hall–Kier alpha value is -1.13. The minimum atomic E-state index is -0.462. The van der Waals surface area contributed by atoms with Crippen LogP contribution < -0.4 is 4.74 Å². The van der Waals surface area contributed by atoms with Gasteiger partial charge < -0.3 is 14.7 Å². The smallest absolute Gasteiger partial charge is 0.213 e. The molecule has 0 aromatic carbocycles. The maximum Gasteiger partial charge on any atom is 0.213 e. The molecule has 1 aromatic heterocycles. The van der Waals surface area contributed by atoms with Gasteiger partial charge in [0.05, 0.1) is 12.2 Å². The Morgan fingerprint density at radius 3 is 2.50 bits per heavy atom. The predicted octanol–water partition coefficient (Wildman–Crippen LogP) is 2.63. The van der Waals surface area contributed by atoms with Crippen molar-refractivity contribution in [2.75, 3.05) is 19.6 Å². The highest BCUT2D eigenvalue weighted by molar-refractivity contribution is 5.20. The van der Waals surface area contributed by atoms with Crippen molar-refractivity contribution < 1.29 is 9.84 Å². The molecule has 1 aliphatic rings. The SMILES string of the molecule is CC(C)Oc1ccc(C(O)[C@H](C)CN2CCCC2)cn1.